The fourth-order valence-electron chi connectivity index (χ4n) is 1.45. The number of ether oxygens (including phenoxy) is 2. The predicted octanol–water partition coefficient (Wildman–Crippen LogP) is 3.55. The van der Waals surface area contributed by atoms with Crippen LogP contribution in [0, 0.1) is 0 Å². The molecule has 0 aliphatic heterocycles. The predicted molar refractivity (Wildman–Crippen MR) is 63.4 cm³/mol. The maximum atomic E-state index is 12.0. The summed E-state index contributed by atoms with van der Waals surface area (Å²) in [5.41, 5.74) is 0.760. The summed E-state index contributed by atoms with van der Waals surface area (Å²) >= 11 is 0. The van der Waals surface area contributed by atoms with Gasteiger partial charge >= 0.3 is 12.3 Å². The molecule has 0 bridgehead atoms. The molecule has 3 nitrogen and oxygen atoms in total. The smallest absolute Gasteiger partial charge is 0.462 e. The quantitative estimate of drug-likeness (QED) is 0.622. The average Bonchev–Trinajstić information content (AvgIpc) is 2.30. The lowest BCUT2D eigenvalue weighted by Gasteiger charge is -2.10. The number of hydrogen-bond donors (Lipinski definition) is 0. The topological polar surface area (TPSA) is 35.5 Å². The van der Waals surface area contributed by atoms with Crippen LogP contribution in [-0.4, -0.2) is 18.9 Å². The number of allylic oxidation sites excluding steroid dienone is 1. The summed E-state index contributed by atoms with van der Waals surface area (Å²) < 4.78 is 44.5. The van der Waals surface area contributed by atoms with Crippen LogP contribution in [0.25, 0.3) is 5.57 Å². The van der Waals surface area contributed by atoms with E-state index in [-0.39, 0.29) is 12.4 Å². The van der Waals surface area contributed by atoms with Gasteiger partial charge in [0.05, 0.1) is 12.2 Å². The molecule has 1 aromatic carbocycles. The van der Waals surface area contributed by atoms with Gasteiger partial charge in [-0.15, -0.1) is 13.2 Å². The number of carbonyl (C=O) groups excluding carboxylic acids is 1. The van der Waals surface area contributed by atoms with E-state index in [1.807, 2.05) is 0 Å². The molecule has 0 heterocycles. The Morgan fingerprint density at radius 3 is 2.26 bits per heavy atom. The molecule has 104 valence electrons. The van der Waals surface area contributed by atoms with Gasteiger partial charge in [0.15, 0.2) is 0 Å². The number of halogens is 3. The molecule has 0 atom stereocenters. The van der Waals surface area contributed by atoms with Crippen molar-refractivity contribution in [3.63, 3.8) is 0 Å². The van der Waals surface area contributed by atoms with Crippen molar-refractivity contribution in [2.24, 2.45) is 0 Å². The van der Waals surface area contributed by atoms with Crippen molar-refractivity contribution < 1.29 is 27.4 Å². The highest BCUT2D eigenvalue weighted by molar-refractivity contribution is 6.16. The molecule has 0 unspecified atom stereocenters. The first-order valence-corrected chi connectivity index (χ1v) is 5.57. The van der Waals surface area contributed by atoms with Crippen molar-refractivity contribution in [2.45, 2.75) is 20.2 Å². The van der Waals surface area contributed by atoms with Crippen molar-refractivity contribution in [1.29, 1.82) is 0 Å². The number of esters is 1. The van der Waals surface area contributed by atoms with Crippen molar-refractivity contribution in [3.8, 4) is 5.75 Å². The van der Waals surface area contributed by atoms with E-state index in [1.165, 1.54) is 18.2 Å². The van der Waals surface area contributed by atoms with Crippen molar-refractivity contribution in [3.05, 3.63) is 35.9 Å². The van der Waals surface area contributed by atoms with Gasteiger partial charge in [-0.3, -0.25) is 0 Å². The number of hydrogen-bond acceptors (Lipinski definition) is 3. The minimum atomic E-state index is -4.73. The lowest BCUT2D eigenvalue weighted by atomic mass is 10.1. The van der Waals surface area contributed by atoms with E-state index in [2.05, 4.69) is 4.74 Å². The molecule has 0 fully saturated rings. The van der Waals surface area contributed by atoms with Gasteiger partial charge in [0, 0.05) is 0 Å². The zero-order valence-corrected chi connectivity index (χ0v) is 10.5. The molecule has 0 aromatic heterocycles. The third-order valence-corrected chi connectivity index (χ3v) is 2.18. The standard InChI is InChI=1S/C13H13F3O3/c1-3-11(12(17)18-4-2)9-5-7-10(8-6-9)19-13(14,15)16/h3,5-8H,4H2,1-2H3. The molecule has 0 N–H and O–H groups in total. The Hall–Kier alpha value is -1.98. The van der Waals surface area contributed by atoms with E-state index in [0.29, 0.717) is 11.1 Å². The summed E-state index contributed by atoms with van der Waals surface area (Å²) in [6, 6.07) is 5.03. The summed E-state index contributed by atoms with van der Waals surface area (Å²) in [6.45, 7) is 3.54. The fourth-order valence-corrected chi connectivity index (χ4v) is 1.45. The summed E-state index contributed by atoms with van der Waals surface area (Å²) in [6.07, 6.45) is -3.19. The summed E-state index contributed by atoms with van der Waals surface area (Å²) in [5, 5.41) is 0. The van der Waals surface area contributed by atoms with Crippen LogP contribution < -0.4 is 4.74 Å². The normalized spacial score (nSPS) is 12.2. The SMILES string of the molecule is CC=C(C(=O)OCC)c1ccc(OC(F)(F)F)cc1. The Morgan fingerprint density at radius 1 is 1.26 bits per heavy atom. The van der Waals surface area contributed by atoms with Crippen LogP contribution in [0.5, 0.6) is 5.75 Å². The molecule has 1 rings (SSSR count). The number of rotatable bonds is 4. The third kappa shape index (κ3) is 4.65. The highest BCUT2D eigenvalue weighted by Gasteiger charge is 2.31. The first-order chi connectivity index (χ1) is 8.87. The molecule has 19 heavy (non-hydrogen) atoms. The highest BCUT2D eigenvalue weighted by Crippen LogP contribution is 2.25. The Labute approximate surface area is 108 Å². The Bertz CT molecular complexity index is 461. The monoisotopic (exact) mass is 274 g/mol. The molecule has 0 saturated heterocycles. The van der Waals surface area contributed by atoms with Crippen molar-refractivity contribution >= 4 is 11.5 Å². The summed E-state index contributed by atoms with van der Waals surface area (Å²) in [7, 11) is 0. The van der Waals surface area contributed by atoms with Crippen LogP contribution in [0.4, 0.5) is 13.2 Å². The van der Waals surface area contributed by atoms with Gasteiger partial charge < -0.3 is 9.47 Å². The van der Waals surface area contributed by atoms with Gasteiger partial charge in [0.1, 0.15) is 5.75 Å². The zero-order valence-electron chi connectivity index (χ0n) is 10.5. The zero-order chi connectivity index (χ0) is 14.5. The van der Waals surface area contributed by atoms with Crippen molar-refractivity contribution in [2.75, 3.05) is 6.61 Å². The van der Waals surface area contributed by atoms with E-state index in [1.54, 1.807) is 13.8 Å². The number of benzene rings is 1. The lowest BCUT2D eigenvalue weighted by molar-refractivity contribution is -0.274. The number of carbonyl (C=O) groups is 1. The van der Waals surface area contributed by atoms with Crippen LogP contribution in [0.3, 0.4) is 0 Å². The first-order valence-electron chi connectivity index (χ1n) is 5.57. The van der Waals surface area contributed by atoms with Crippen LogP contribution in [-0.2, 0) is 9.53 Å². The minimum Gasteiger partial charge on any atom is -0.462 e. The van der Waals surface area contributed by atoms with Crippen LogP contribution >= 0.6 is 0 Å². The Kier molecular flexibility index (Phi) is 4.97. The summed E-state index contributed by atoms with van der Waals surface area (Å²) in [4.78, 5) is 11.6. The van der Waals surface area contributed by atoms with E-state index in [9.17, 15) is 18.0 Å². The van der Waals surface area contributed by atoms with E-state index in [0.717, 1.165) is 12.1 Å². The molecule has 0 amide bonds. The second kappa shape index (κ2) is 6.26. The molecule has 0 radical (unpaired) electrons. The maximum Gasteiger partial charge on any atom is 0.573 e. The second-order valence-corrected chi connectivity index (χ2v) is 3.50. The van der Waals surface area contributed by atoms with Gasteiger partial charge in [-0.2, -0.15) is 0 Å². The third-order valence-electron chi connectivity index (χ3n) is 2.18. The molecular formula is C13H13F3O3. The van der Waals surface area contributed by atoms with Gasteiger partial charge in [0.25, 0.3) is 0 Å². The molecule has 1 aromatic rings. The van der Waals surface area contributed by atoms with E-state index < -0.39 is 12.3 Å². The second-order valence-electron chi connectivity index (χ2n) is 3.50. The molecule has 0 saturated carbocycles. The molecule has 6 heteroatoms. The average molecular weight is 274 g/mol. The first kappa shape index (κ1) is 15.1. The molecule has 0 aliphatic rings. The largest absolute Gasteiger partial charge is 0.573 e. The van der Waals surface area contributed by atoms with E-state index >= 15 is 0 Å². The minimum absolute atomic E-state index is 0.228. The van der Waals surface area contributed by atoms with E-state index in [4.69, 9.17) is 4.74 Å². The van der Waals surface area contributed by atoms with Crippen molar-refractivity contribution in [1.82, 2.24) is 0 Å². The van der Waals surface area contributed by atoms with Crippen LogP contribution in [0.2, 0.25) is 0 Å². The highest BCUT2D eigenvalue weighted by atomic mass is 19.4. The maximum absolute atomic E-state index is 12.0. The van der Waals surface area contributed by atoms with Crippen LogP contribution in [0.15, 0.2) is 30.3 Å². The van der Waals surface area contributed by atoms with Gasteiger partial charge in [-0.05, 0) is 31.5 Å². The Balaban J connectivity index is 2.88. The van der Waals surface area contributed by atoms with Gasteiger partial charge in [-0.25, -0.2) is 4.79 Å². The van der Waals surface area contributed by atoms with Gasteiger partial charge in [0.2, 0.25) is 0 Å². The molecule has 0 spiro atoms. The molecular weight excluding hydrogens is 261 g/mol. The molecule has 0 aliphatic carbocycles. The summed E-state index contributed by atoms with van der Waals surface area (Å²) in [5.74, 6) is -0.856. The Morgan fingerprint density at radius 2 is 1.84 bits per heavy atom. The number of alkyl halides is 3. The van der Waals surface area contributed by atoms with Gasteiger partial charge in [-0.1, -0.05) is 18.2 Å². The lowest BCUT2D eigenvalue weighted by Crippen LogP contribution is -2.17. The van der Waals surface area contributed by atoms with Crippen LogP contribution in [0.1, 0.15) is 19.4 Å². The fraction of sp³-hybridized carbons (Fsp3) is 0.308.